The lowest BCUT2D eigenvalue weighted by molar-refractivity contribution is 0.146. The summed E-state index contributed by atoms with van der Waals surface area (Å²) in [6.07, 6.45) is 3.60. The number of hydrogen-bond donors (Lipinski definition) is 1. The number of para-hydroxylation sites is 1. The fraction of sp³-hybridized carbons (Fsp3) is 0.185. The Morgan fingerprint density at radius 2 is 1.89 bits per heavy atom. The second-order valence-corrected chi connectivity index (χ2v) is 9.00. The highest BCUT2D eigenvalue weighted by atomic mass is 35.5. The van der Waals surface area contributed by atoms with E-state index in [1.165, 1.54) is 6.07 Å². The lowest BCUT2D eigenvalue weighted by Crippen LogP contribution is -2.30. The standard InChI is InChI=1S/C27H24ClFN4O2S/c1-34-15-16-35-24-12-11-18(17-19(24)28)33-26(25(31-27(33)36)21-8-4-5-13-30-21)23-10-6-14-32(23)22-9-3-2-7-20(22)29/h2-14,17,25-26H,15-16H2,1H3,(H,31,36)/t25-,26+/m0/s1. The van der Waals surface area contributed by atoms with Crippen molar-refractivity contribution in [2.45, 2.75) is 12.1 Å². The molecule has 1 aliphatic rings. The number of methoxy groups -OCH3 is 1. The molecule has 0 unspecified atom stereocenters. The van der Waals surface area contributed by atoms with Crippen molar-refractivity contribution < 1.29 is 13.9 Å². The Balaban J connectivity index is 1.59. The number of nitrogens with one attached hydrogen (secondary N) is 1. The highest BCUT2D eigenvalue weighted by molar-refractivity contribution is 7.80. The molecule has 6 nitrogen and oxygen atoms in total. The Hall–Kier alpha value is -3.46. The van der Waals surface area contributed by atoms with Gasteiger partial charge in [-0.25, -0.2) is 4.39 Å². The normalized spacial score (nSPS) is 17.3. The minimum Gasteiger partial charge on any atom is -0.490 e. The third kappa shape index (κ3) is 4.67. The van der Waals surface area contributed by atoms with Crippen LogP contribution in [0.4, 0.5) is 10.1 Å². The zero-order valence-electron chi connectivity index (χ0n) is 19.5. The van der Waals surface area contributed by atoms with E-state index < -0.39 is 0 Å². The van der Waals surface area contributed by atoms with Crippen molar-refractivity contribution in [1.82, 2.24) is 14.9 Å². The van der Waals surface area contributed by atoms with Crippen molar-refractivity contribution in [3.05, 3.63) is 107 Å². The lowest BCUT2D eigenvalue weighted by Gasteiger charge is -2.29. The zero-order chi connectivity index (χ0) is 25.1. The molecule has 0 bridgehead atoms. The van der Waals surface area contributed by atoms with E-state index in [-0.39, 0.29) is 17.9 Å². The van der Waals surface area contributed by atoms with Gasteiger partial charge in [0.1, 0.15) is 24.2 Å². The van der Waals surface area contributed by atoms with Crippen LogP contribution in [0, 0.1) is 5.82 Å². The van der Waals surface area contributed by atoms with Gasteiger partial charge in [-0.05, 0) is 66.8 Å². The Kier molecular flexibility index (Phi) is 7.18. The summed E-state index contributed by atoms with van der Waals surface area (Å²) in [7, 11) is 1.62. The van der Waals surface area contributed by atoms with Crippen LogP contribution in [0.3, 0.4) is 0 Å². The van der Waals surface area contributed by atoms with E-state index in [1.807, 2.05) is 70.3 Å². The average Bonchev–Trinajstić information content (AvgIpc) is 3.50. The number of thiocarbonyl (C=S) groups is 1. The Morgan fingerprint density at radius 1 is 1.06 bits per heavy atom. The third-order valence-corrected chi connectivity index (χ3v) is 6.64. The Labute approximate surface area is 219 Å². The lowest BCUT2D eigenvalue weighted by atomic mass is 10.0. The van der Waals surface area contributed by atoms with Gasteiger partial charge >= 0.3 is 0 Å². The minimum absolute atomic E-state index is 0.282. The van der Waals surface area contributed by atoms with E-state index in [2.05, 4.69) is 10.3 Å². The molecule has 1 saturated heterocycles. The van der Waals surface area contributed by atoms with E-state index in [0.29, 0.717) is 34.8 Å². The summed E-state index contributed by atoms with van der Waals surface area (Å²) in [6.45, 7) is 0.846. The molecule has 0 amide bonds. The van der Waals surface area contributed by atoms with E-state index in [4.69, 9.17) is 33.3 Å². The van der Waals surface area contributed by atoms with Crippen LogP contribution in [-0.4, -0.2) is 35.0 Å². The molecule has 2 atom stereocenters. The van der Waals surface area contributed by atoms with E-state index in [9.17, 15) is 4.39 Å². The maximum atomic E-state index is 14.8. The number of nitrogens with zero attached hydrogens (tertiary/aromatic N) is 3. The summed E-state index contributed by atoms with van der Waals surface area (Å²) in [6, 6.07) is 21.3. The smallest absolute Gasteiger partial charge is 0.174 e. The van der Waals surface area contributed by atoms with Crippen molar-refractivity contribution in [2.75, 3.05) is 25.2 Å². The summed E-state index contributed by atoms with van der Waals surface area (Å²) in [5.41, 5.74) is 2.90. The molecule has 9 heteroatoms. The van der Waals surface area contributed by atoms with Gasteiger partial charge in [-0.2, -0.15) is 0 Å². The Morgan fingerprint density at radius 3 is 2.64 bits per heavy atom. The van der Waals surface area contributed by atoms with Crippen LogP contribution < -0.4 is 15.0 Å². The highest BCUT2D eigenvalue weighted by Gasteiger charge is 2.42. The van der Waals surface area contributed by atoms with Gasteiger partial charge < -0.3 is 24.3 Å². The van der Waals surface area contributed by atoms with Crippen LogP contribution in [0.25, 0.3) is 5.69 Å². The second kappa shape index (κ2) is 10.7. The summed E-state index contributed by atoms with van der Waals surface area (Å²) >= 11 is 12.4. The van der Waals surface area contributed by atoms with Gasteiger partial charge in [-0.15, -0.1) is 0 Å². The van der Waals surface area contributed by atoms with E-state index >= 15 is 0 Å². The van der Waals surface area contributed by atoms with Crippen LogP contribution >= 0.6 is 23.8 Å². The van der Waals surface area contributed by atoms with Crippen LogP contribution in [-0.2, 0) is 4.74 Å². The second-order valence-electron chi connectivity index (χ2n) is 8.21. The molecule has 1 aliphatic heterocycles. The number of anilines is 1. The number of ether oxygens (including phenoxy) is 2. The van der Waals surface area contributed by atoms with Crippen molar-refractivity contribution in [2.24, 2.45) is 0 Å². The number of aromatic nitrogens is 2. The Bertz CT molecular complexity index is 1370. The van der Waals surface area contributed by atoms with Gasteiger partial charge in [0.15, 0.2) is 5.11 Å². The third-order valence-electron chi connectivity index (χ3n) is 6.03. The van der Waals surface area contributed by atoms with E-state index in [1.54, 1.807) is 25.4 Å². The molecule has 36 heavy (non-hydrogen) atoms. The van der Waals surface area contributed by atoms with Crippen molar-refractivity contribution in [1.29, 1.82) is 0 Å². The molecular weight excluding hydrogens is 499 g/mol. The predicted molar refractivity (Wildman–Crippen MR) is 142 cm³/mol. The summed E-state index contributed by atoms with van der Waals surface area (Å²) in [5.74, 6) is 0.244. The van der Waals surface area contributed by atoms with Crippen molar-refractivity contribution in [3.8, 4) is 11.4 Å². The molecule has 2 aromatic heterocycles. The monoisotopic (exact) mass is 522 g/mol. The molecular formula is C27H24ClFN4O2S. The van der Waals surface area contributed by atoms with Crippen LogP contribution in [0.15, 0.2) is 85.2 Å². The maximum Gasteiger partial charge on any atom is 0.174 e. The largest absolute Gasteiger partial charge is 0.490 e. The topological polar surface area (TPSA) is 51.6 Å². The number of halogens is 2. The maximum absolute atomic E-state index is 14.8. The number of hydrogen-bond acceptors (Lipinski definition) is 4. The first-order chi connectivity index (χ1) is 17.6. The molecule has 5 rings (SSSR count). The summed E-state index contributed by atoms with van der Waals surface area (Å²) < 4.78 is 27.5. The fourth-order valence-electron chi connectivity index (χ4n) is 4.43. The summed E-state index contributed by atoms with van der Waals surface area (Å²) in [5, 5.41) is 4.39. The van der Waals surface area contributed by atoms with Crippen LogP contribution in [0.1, 0.15) is 23.5 Å². The first-order valence-corrected chi connectivity index (χ1v) is 12.2. The van der Waals surface area contributed by atoms with Crippen molar-refractivity contribution in [3.63, 3.8) is 0 Å². The van der Waals surface area contributed by atoms with Crippen LogP contribution in [0.5, 0.6) is 5.75 Å². The quantitative estimate of drug-likeness (QED) is 0.231. The van der Waals surface area contributed by atoms with Gasteiger partial charge in [-0.3, -0.25) is 4.98 Å². The molecule has 0 aliphatic carbocycles. The molecule has 0 radical (unpaired) electrons. The molecule has 1 N–H and O–H groups in total. The molecule has 3 heterocycles. The SMILES string of the molecule is COCCOc1ccc(N2C(=S)N[C@@H](c3ccccn3)[C@H]2c2cccn2-c2ccccc2F)cc1Cl. The fourth-order valence-corrected chi connectivity index (χ4v) is 5.00. The average molecular weight is 523 g/mol. The molecule has 184 valence electrons. The van der Waals surface area contributed by atoms with Gasteiger partial charge in [-0.1, -0.05) is 29.8 Å². The zero-order valence-corrected chi connectivity index (χ0v) is 21.0. The number of pyridine rings is 1. The van der Waals surface area contributed by atoms with Crippen LogP contribution in [0.2, 0.25) is 5.02 Å². The number of rotatable bonds is 8. The molecule has 4 aromatic rings. The molecule has 0 saturated carbocycles. The number of benzene rings is 2. The van der Waals surface area contributed by atoms with Gasteiger partial charge in [0.2, 0.25) is 0 Å². The van der Waals surface area contributed by atoms with Crippen molar-refractivity contribution >= 4 is 34.6 Å². The predicted octanol–water partition coefficient (Wildman–Crippen LogP) is 5.87. The van der Waals surface area contributed by atoms with Gasteiger partial charge in [0, 0.05) is 30.9 Å². The first kappa shape index (κ1) is 24.2. The van der Waals surface area contributed by atoms with Gasteiger partial charge in [0.05, 0.1) is 29.1 Å². The van der Waals surface area contributed by atoms with Gasteiger partial charge in [0.25, 0.3) is 0 Å². The van der Waals surface area contributed by atoms with E-state index in [0.717, 1.165) is 17.1 Å². The highest BCUT2D eigenvalue weighted by Crippen LogP contribution is 2.43. The molecule has 2 aromatic carbocycles. The first-order valence-electron chi connectivity index (χ1n) is 11.4. The molecule has 1 fully saturated rings. The molecule has 0 spiro atoms. The minimum atomic E-state index is -0.335. The summed E-state index contributed by atoms with van der Waals surface area (Å²) in [4.78, 5) is 6.58.